The van der Waals surface area contributed by atoms with E-state index in [1.165, 1.54) is 0 Å². The van der Waals surface area contributed by atoms with Gasteiger partial charge in [0.25, 0.3) is 0 Å². The van der Waals surface area contributed by atoms with Crippen LogP contribution in [0.15, 0.2) is 0 Å². The molecule has 0 heterocycles. The maximum atomic E-state index is 11.7. The van der Waals surface area contributed by atoms with Gasteiger partial charge in [0.2, 0.25) is 0 Å². The zero-order valence-electron chi connectivity index (χ0n) is 11.3. The molecule has 22 heavy (non-hydrogen) atoms. The van der Waals surface area contributed by atoms with Gasteiger partial charge in [0.05, 0.1) is 0 Å². The third-order valence-corrected chi connectivity index (χ3v) is 3.66. The number of hydrogen-bond acceptors (Lipinski definition) is 6. The van der Waals surface area contributed by atoms with Crippen molar-refractivity contribution in [3.8, 4) is 0 Å². The van der Waals surface area contributed by atoms with Crippen LogP contribution in [0.25, 0.3) is 0 Å². The molecule has 0 aromatic heterocycles. The first-order valence-corrected chi connectivity index (χ1v) is 8.35. The first-order chi connectivity index (χ1) is 10.3. The Labute approximate surface area is 137 Å². The number of amides is 2. The number of thiol groups is 1. The van der Waals surface area contributed by atoms with Gasteiger partial charge in [-0.25, -0.2) is 0 Å². The van der Waals surface area contributed by atoms with E-state index in [9.17, 15) is 22.9 Å². The summed E-state index contributed by atoms with van der Waals surface area (Å²) in [6.07, 6.45) is -0.309. The number of carboxylic acid groups (broad SMARTS) is 2. The summed E-state index contributed by atoms with van der Waals surface area (Å²) in [5.74, 6) is -3.82. The van der Waals surface area contributed by atoms with E-state index in [0.29, 0.717) is 0 Å². The fourth-order valence-corrected chi connectivity index (χ4v) is 2.36. The average Bonchev–Trinajstić information content (AvgIpc) is 2.46. The van der Waals surface area contributed by atoms with E-state index in [1.54, 1.807) is 0 Å². The molecule has 12 heteroatoms. The minimum atomic E-state index is -1.55. The molecule has 0 spiro atoms. The molecular weight excluding hydrogens is 381 g/mol. The van der Waals surface area contributed by atoms with Gasteiger partial charge < -0.3 is 0 Å². The summed E-state index contributed by atoms with van der Waals surface area (Å²) in [4.78, 5) is 44.4. The average molecular weight is 397 g/mol. The van der Waals surface area contributed by atoms with Crippen LogP contribution < -0.4 is 14.9 Å². The molecule has 0 saturated carbocycles. The Morgan fingerprint density at radius 2 is 1.77 bits per heavy atom. The van der Waals surface area contributed by atoms with Gasteiger partial charge in [0.15, 0.2) is 0 Å². The van der Waals surface area contributed by atoms with E-state index >= 15 is 0 Å². The van der Waals surface area contributed by atoms with Gasteiger partial charge in [-0.15, -0.1) is 0 Å². The standard InChI is InChI=1S/C10H16AsN3O7S/c15-7(2-1-5(10(19)20)14-11-21)13-6(4-22)9(18)12-3-8(16)17/h5-6,22H,1-4H2,(H,12,18)(H,13,15)(H,14,21)(H,16,17)(H,19,20)/t5-,6-/m0/s1. The molecule has 0 radical (unpaired) electrons. The minimum absolute atomic E-state index is 0.0526. The Balaban J connectivity index is 4.35. The SMILES string of the molecule is O=[As]N[C@@H](CCC(=O)N[C@@H](CS)C(=O)NCC(=O)O)C(=O)O. The molecule has 0 aromatic rings. The fraction of sp³-hybridized carbons (Fsp3) is 0.600. The number of aliphatic carboxylic acids is 2. The molecule has 5 N–H and O–H groups in total. The molecule has 2 atom stereocenters. The zero-order chi connectivity index (χ0) is 17.1. The molecule has 0 aliphatic carbocycles. The third-order valence-electron chi connectivity index (χ3n) is 2.41. The van der Waals surface area contributed by atoms with Crippen LogP contribution in [0.2, 0.25) is 0 Å². The number of carbonyl (C=O) groups is 4. The first kappa shape index (κ1) is 20.5. The normalized spacial score (nSPS) is 13.1. The second-order valence-electron chi connectivity index (χ2n) is 4.06. The van der Waals surface area contributed by atoms with Crippen molar-refractivity contribution in [3.63, 3.8) is 0 Å². The van der Waals surface area contributed by atoms with Crippen LogP contribution in [-0.4, -0.2) is 74.3 Å². The predicted molar refractivity (Wildman–Crippen MR) is 76.7 cm³/mol. The molecule has 0 bridgehead atoms. The van der Waals surface area contributed by atoms with Crippen LogP contribution in [0.3, 0.4) is 0 Å². The second kappa shape index (κ2) is 11.2. The van der Waals surface area contributed by atoms with E-state index < -0.39 is 58.3 Å². The quantitative estimate of drug-likeness (QED) is 0.163. The summed E-state index contributed by atoms with van der Waals surface area (Å²) in [6, 6.07) is -2.14. The van der Waals surface area contributed by atoms with E-state index in [2.05, 4.69) is 27.5 Å². The van der Waals surface area contributed by atoms with E-state index in [1.807, 2.05) is 0 Å². The van der Waals surface area contributed by atoms with Gasteiger partial charge in [-0.1, -0.05) is 0 Å². The molecule has 2 amide bonds. The van der Waals surface area contributed by atoms with Crippen molar-refractivity contribution < 1.29 is 33.1 Å². The van der Waals surface area contributed by atoms with Crippen LogP contribution in [0.4, 0.5) is 0 Å². The van der Waals surface area contributed by atoms with Gasteiger partial charge >= 0.3 is 138 Å². The molecular formula is C10H16AsN3O7S. The maximum absolute atomic E-state index is 11.7. The van der Waals surface area contributed by atoms with Crippen LogP contribution in [-0.2, 0) is 22.9 Å². The Hall–Kier alpha value is -1.45. The van der Waals surface area contributed by atoms with Gasteiger partial charge in [-0.05, 0) is 0 Å². The van der Waals surface area contributed by atoms with Crippen LogP contribution in [0, 0.1) is 0 Å². The molecule has 0 saturated heterocycles. The number of rotatable bonds is 11. The van der Waals surface area contributed by atoms with Crippen LogP contribution in [0.5, 0.6) is 0 Å². The van der Waals surface area contributed by atoms with Crippen molar-refractivity contribution in [3.05, 3.63) is 0 Å². The number of carbonyl (C=O) groups excluding carboxylic acids is 2. The Morgan fingerprint density at radius 3 is 2.23 bits per heavy atom. The predicted octanol–water partition coefficient (Wildman–Crippen LogP) is -2.61. The van der Waals surface area contributed by atoms with Gasteiger partial charge in [-0.3, -0.25) is 0 Å². The molecule has 124 valence electrons. The third kappa shape index (κ3) is 8.75. The Morgan fingerprint density at radius 1 is 1.14 bits per heavy atom. The van der Waals surface area contributed by atoms with Crippen molar-refractivity contribution in [1.29, 1.82) is 0 Å². The van der Waals surface area contributed by atoms with Gasteiger partial charge in [-0.2, -0.15) is 0 Å². The summed E-state index contributed by atoms with van der Waals surface area (Å²) >= 11 is 2.33. The zero-order valence-corrected chi connectivity index (χ0v) is 14.1. The van der Waals surface area contributed by atoms with Gasteiger partial charge in [0, 0.05) is 0 Å². The first-order valence-electron chi connectivity index (χ1n) is 6.02. The summed E-state index contributed by atoms with van der Waals surface area (Å²) in [7, 11) is 0. The topological polar surface area (TPSA) is 162 Å². The molecule has 0 fully saturated rings. The van der Waals surface area contributed by atoms with E-state index in [0.717, 1.165) is 0 Å². The Bertz CT molecular complexity index is 448. The molecule has 10 nitrogen and oxygen atoms in total. The monoisotopic (exact) mass is 397 g/mol. The molecule has 0 unspecified atom stereocenters. The van der Waals surface area contributed by atoms with Crippen molar-refractivity contribution in [2.45, 2.75) is 24.9 Å². The molecule has 0 rings (SSSR count). The van der Waals surface area contributed by atoms with E-state index in [-0.39, 0.29) is 18.6 Å². The number of hydrogen-bond donors (Lipinski definition) is 6. The van der Waals surface area contributed by atoms with Crippen LogP contribution in [0.1, 0.15) is 12.8 Å². The molecule has 0 aromatic carbocycles. The van der Waals surface area contributed by atoms with Gasteiger partial charge in [0.1, 0.15) is 0 Å². The van der Waals surface area contributed by atoms with Crippen molar-refractivity contribution in [1.82, 2.24) is 14.9 Å². The second-order valence-corrected chi connectivity index (χ2v) is 5.35. The summed E-state index contributed by atoms with van der Waals surface area (Å²) in [6.45, 7) is -0.587. The van der Waals surface area contributed by atoms with Crippen molar-refractivity contribution in [2.75, 3.05) is 12.3 Å². The molecule has 0 aliphatic heterocycles. The Kier molecular flexibility index (Phi) is 10.4. The van der Waals surface area contributed by atoms with E-state index in [4.69, 9.17) is 10.2 Å². The van der Waals surface area contributed by atoms with Crippen molar-refractivity contribution >= 4 is 52.3 Å². The fourth-order valence-electron chi connectivity index (χ4n) is 1.33. The van der Waals surface area contributed by atoms with Crippen molar-refractivity contribution in [2.24, 2.45) is 0 Å². The number of nitrogens with one attached hydrogen (secondary N) is 3. The summed E-state index contributed by atoms with van der Waals surface area (Å²) in [5, 5.41) is 21.7. The number of carboxylic acids is 2. The molecule has 0 aliphatic rings. The summed E-state index contributed by atoms with van der Waals surface area (Å²) < 4.78 is 12.7. The summed E-state index contributed by atoms with van der Waals surface area (Å²) in [5.41, 5.74) is 0. The van der Waals surface area contributed by atoms with Crippen LogP contribution >= 0.6 is 12.6 Å².